The molecule has 0 aliphatic carbocycles. The van der Waals surface area contributed by atoms with Gasteiger partial charge in [-0.15, -0.1) is 0 Å². The molecule has 1 aromatic heterocycles. The lowest BCUT2D eigenvalue weighted by Gasteiger charge is -2.04. The summed E-state index contributed by atoms with van der Waals surface area (Å²) in [4.78, 5) is 3.85. The van der Waals surface area contributed by atoms with Crippen LogP contribution in [0.25, 0.3) is 10.9 Å². The Labute approximate surface area is 106 Å². The highest BCUT2D eigenvalue weighted by atomic mass is 35.7. The zero-order valence-corrected chi connectivity index (χ0v) is 10.7. The fourth-order valence-corrected chi connectivity index (χ4v) is 3.02. The number of halogens is 3. The molecule has 0 amide bonds. The van der Waals surface area contributed by atoms with Crippen LogP contribution in [0.1, 0.15) is 0 Å². The fourth-order valence-electron chi connectivity index (χ4n) is 1.30. The molecule has 0 bridgehead atoms. The van der Waals surface area contributed by atoms with E-state index in [1.54, 1.807) is 6.07 Å². The highest BCUT2D eigenvalue weighted by Crippen LogP contribution is 2.31. The Morgan fingerprint density at radius 3 is 2.44 bits per heavy atom. The van der Waals surface area contributed by atoms with Crippen LogP contribution in [0.3, 0.4) is 0 Å². The van der Waals surface area contributed by atoms with Gasteiger partial charge in [0, 0.05) is 22.3 Å². The van der Waals surface area contributed by atoms with E-state index in [1.807, 2.05) is 0 Å². The molecule has 0 unspecified atom stereocenters. The molecule has 1 heterocycles. The molecule has 0 spiro atoms. The van der Waals surface area contributed by atoms with Crippen molar-refractivity contribution in [3.63, 3.8) is 0 Å². The number of fused-ring (bicyclic) bond motifs is 1. The summed E-state index contributed by atoms with van der Waals surface area (Å²) in [5.41, 5.74) is 0.515. The Balaban J connectivity index is 2.90. The summed E-state index contributed by atoms with van der Waals surface area (Å²) in [5.74, 6) is 0. The number of benzene rings is 1. The van der Waals surface area contributed by atoms with Crippen molar-refractivity contribution in [2.24, 2.45) is 0 Å². The van der Waals surface area contributed by atoms with Gasteiger partial charge in [-0.2, -0.15) is 0 Å². The minimum Gasteiger partial charge on any atom is -0.256 e. The topological polar surface area (TPSA) is 47.0 Å². The van der Waals surface area contributed by atoms with Gasteiger partial charge in [-0.05, 0) is 18.2 Å². The average molecular weight is 297 g/mol. The molecule has 2 rings (SSSR count). The highest BCUT2D eigenvalue weighted by Gasteiger charge is 2.16. The Bertz CT molecular complexity index is 670. The van der Waals surface area contributed by atoms with Gasteiger partial charge in [-0.3, -0.25) is 4.98 Å². The van der Waals surface area contributed by atoms with Gasteiger partial charge < -0.3 is 0 Å². The number of aromatic nitrogens is 1. The van der Waals surface area contributed by atoms with E-state index in [0.717, 1.165) is 0 Å². The second kappa shape index (κ2) is 4.04. The number of hydrogen-bond donors (Lipinski definition) is 0. The minimum atomic E-state index is -3.89. The fraction of sp³-hybridized carbons (Fsp3) is 0. The van der Waals surface area contributed by atoms with E-state index >= 15 is 0 Å². The second-order valence-corrected chi connectivity index (χ2v) is 6.38. The monoisotopic (exact) mass is 295 g/mol. The van der Waals surface area contributed by atoms with Crippen molar-refractivity contribution in [2.45, 2.75) is 4.90 Å². The van der Waals surface area contributed by atoms with E-state index in [4.69, 9.17) is 33.9 Å². The third kappa shape index (κ3) is 2.11. The van der Waals surface area contributed by atoms with Gasteiger partial charge in [-0.25, -0.2) is 8.42 Å². The molecule has 0 atom stereocenters. The molecule has 0 aliphatic heterocycles. The average Bonchev–Trinajstić information content (AvgIpc) is 2.15. The number of rotatable bonds is 1. The van der Waals surface area contributed by atoms with Crippen LogP contribution >= 0.6 is 33.9 Å². The zero-order valence-electron chi connectivity index (χ0n) is 7.62. The van der Waals surface area contributed by atoms with E-state index in [2.05, 4.69) is 4.98 Å². The van der Waals surface area contributed by atoms with Crippen LogP contribution in [0, 0.1) is 0 Å². The first-order valence-corrected chi connectivity index (χ1v) is 7.14. The molecule has 16 heavy (non-hydrogen) atoms. The Hall–Kier alpha value is -0.550. The van der Waals surface area contributed by atoms with Gasteiger partial charge in [0.25, 0.3) is 9.05 Å². The van der Waals surface area contributed by atoms with Crippen LogP contribution in [0.4, 0.5) is 0 Å². The molecule has 3 nitrogen and oxygen atoms in total. The second-order valence-electron chi connectivity index (χ2n) is 3.03. The van der Waals surface area contributed by atoms with Crippen molar-refractivity contribution in [1.29, 1.82) is 0 Å². The van der Waals surface area contributed by atoms with Crippen LogP contribution in [0.5, 0.6) is 0 Å². The largest absolute Gasteiger partial charge is 0.262 e. The molecular formula is C9H4Cl3NO2S. The third-order valence-electron chi connectivity index (χ3n) is 2.00. The summed E-state index contributed by atoms with van der Waals surface area (Å²) in [7, 11) is 1.35. The van der Waals surface area contributed by atoms with Crippen molar-refractivity contribution in [3.05, 3.63) is 34.4 Å². The van der Waals surface area contributed by atoms with Gasteiger partial charge in [0.15, 0.2) is 0 Å². The van der Waals surface area contributed by atoms with Crippen molar-refractivity contribution in [2.75, 3.05) is 0 Å². The SMILES string of the molecule is O=S(=O)(Cl)c1cc2c(Cl)ccnc2cc1Cl. The lowest BCUT2D eigenvalue weighted by Crippen LogP contribution is -1.93. The van der Waals surface area contributed by atoms with Gasteiger partial charge in [0.05, 0.1) is 15.6 Å². The van der Waals surface area contributed by atoms with Crippen molar-refractivity contribution in [1.82, 2.24) is 4.98 Å². The molecule has 84 valence electrons. The van der Waals surface area contributed by atoms with E-state index in [1.165, 1.54) is 18.3 Å². The maximum atomic E-state index is 11.2. The first-order valence-electron chi connectivity index (χ1n) is 4.08. The maximum Gasteiger partial charge on any atom is 0.262 e. The molecule has 2 aromatic rings. The van der Waals surface area contributed by atoms with Crippen LogP contribution < -0.4 is 0 Å². The molecule has 7 heteroatoms. The predicted octanol–water partition coefficient (Wildman–Crippen LogP) is 3.47. The lowest BCUT2D eigenvalue weighted by atomic mass is 10.2. The van der Waals surface area contributed by atoms with Gasteiger partial charge in [0.2, 0.25) is 0 Å². The molecule has 0 fully saturated rings. The lowest BCUT2D eigenvalue weighted by molar-refractivity contribution is 0.610. The normalized spacial score (nSPS) is 11.9. The van der Waals surface area contributed by atoms with Crippen LogP contribution in [-0.2, 0) is 9.05 Å². The van der Waals surface area contributed by atoms with E-state index < -0.39 is 9.05 Å². The van der Waals surface area contributed by atoms with E-state index in [0.29, 0.717) is 15.9 Å². The molecule has 1 aromatic carbocycles. The first kappa shape index (κ1) is 11.9. The van der Waals surface area contributed by atoms with Crippen molar-refractivity contribution < 1.29 is 8.42 Å². The first-order chi connectivity index (χ1) is 7.39. The molecule has 0 saturated carbocycles. The summed E-state index contributed by atoms with van der Waals surface area (Å²) >= 11 is 11.7. The third-order valence-corrected chi connectivity index (χ3v) is 4.12. The summed E-state index contributed by atoms with van der Waals surface area (Å²) in [6.45, 7) is 0. The van der Waals surface area contributed by atoms with E-state index in [9.17, 15) is 8.42 Å². The smallest absolute Gasteiger partial charge is 0.256 e. The summed E-state index contributed by atoms with van der Waals surface area (Å²) < 4.78 is 22.5. The molecule has 0 aliphatic rings. The summed E-state index contributed by atoms with van der Waals surface area (Å²) in [6, 6.07) is 4.29. The van der Waals surface area contributed by atoms with Crippen LogP contribution in [-0.4, -0.2) is 13.4 Å². The van der Waals surface area contributed by atoms with Crippen molar-refractivity contribution in [3.8, 4) is 0 Å². The van der Waals surface area contributed by atoms with Gasteiger partial charge in [-0.1, -0.05) is 23.2 Å². The Kier molecular flexibility index (Phi) is 3.01. The highest BCUT2D eigenvalue weighted by molar-refractivity contribution is 8.13. The maximum absolute atomic E-state index is 11.2. The zero-order chi connectivity index (χ0) is 11.9. The molecule has 0 N–H and O–H groups in total. The number of hydrogen-bond acceptors (Lipinski definition) is 3. The Morgan fingerprint density at radius 2 is 1.81 bits per heavy atom. The van der Waals surface area contributed by atoms with Crippen molar-refractivity contribution >= 4 is 53.8 Å². The number of pyridine rings is 1. The Morgan fingerprint density at radius 1 is 1.12 bits per heavy atom. The van der Waals surface area contributed by atoms with E-state index in [-0.39, 0.29) is 9.92 Å². The number of nitrogens with zero attached hydrogens (tertiary/aromatic N) is 1. The standard InChI is InChI=1S/C9H4Cl3NO2S/c10-6-1-2-13-8-4-7(11)9(3-5(6)8)16(12,14)15/h1-4H. The quantitative estimate of drug-likeness (QED) is 0.757. The summed E-state index contributed by atoms with van der Waals surface area (Å²) in [6.07, 6.45) is 1.51. The van der Waals surface area contributed by atoms with Crippen LogP contribution in [0.15, 0.2) is 29.3 Å². The van der Waals surface area contributed by atoms with Gasteiger partial charge in [0.1, 0.15) is 4.90 Å². The molecule has 0 radical (unpaired) electrons. The summed E-state index contributed by atoms with van der Waals surface area (Å²) in [5, 5.41) is 0.910. The van der Waals surface area contributed by atoms with Gasteiger partial charge >= 0.3 is 0 Å². The molecular weight excluding hydrogens is 293 g/mol. The predicted molar refractivity (Wildman–Crippen MR) is 64.8 cm³/mol. The van der Waals surface area contributed by atoms with Crippen LogP contribution in [0.2, 0.25) is 10.0 Å². The minimum absolute atomic E-state index is 0.0252. The molecule has 0 saturated heterocycles.